The van der Waals surface area contributed by atoms with E-state index in [9.17, 15) is 0 Å². The van der Waals surface area contributed by atoms with E-state index < -0.39 is 0 Å². The lowest BCUT2D eigenvalue weighted by molar-refractivity contribution is 0.544. The monoisotopic (exact) mass is 276 g/mol. The molecule has 1 aromatic rings. The Kier molecular flexibility index (Phi) is 5.77. The van der Waals surface area contributed by atoms with Gasteiger partial charge in [-0.05, 0) is 31.2 Å². The molecular weight excluding hydrogens is 248 g/mol. The summed E-state index contributed by atoms with van der Waals surface area (Å²) in [5.41, 5.74) is 7.11. The Labute approximate surface area is 122 Å². The van der Waals surface area contributed by atoms with Gasteiger partial charge in [-0.2, -0.15) is 0 Å². The van der Waals surface area contributed by atoms with Crippen molar-refractivity contribution in [2.24, 2.45) is 5.73 Å². The third kappa shape index (κ3) is 4.17. The molecule has 1 aromatic heterocycles. The molecule has 0 saturated heterocycles. The van der Waals surface area contributed by atoms with E-state index >= 15 is 0 Å². The van der Waals surface area contributed by atoms with Crippen LogP contribution in [-0.2, 0) is 6.42 Å². The van der Waals surface area contributed by atoms with Crippen molar-refractivity contribution in [3.8, 4) is 0 Å². The molecule has 2 N–H and O–H groups in total. The summed E-state index contributed by atoms with van der Waals surface area (Å²) >= 11 is 0. The highest BCUT2D eigenvalue weighted by atomic mass is 15.2. The Morgan fingerprint density at radius 1 is 1.20 bits per heavy atom. The number of nitrogens with two attached hydrogens (primary N) is 1. The van der Waals surface area contributed by atoms with E-state index in [0.717, 1.165) is 24.4 Å². The van der Waals surface area contributed by atoms with Crippen LogP contribution in [0.5, 0.6) is 0 Å². The first-order valence-corrected chi connectivity index (χ1v) is 8.00. The molecule has 20 heavy (non-hydrogen) atoms. The van der Waals surface area contributed by atoms with Crippen LogP contribution in [0.25, 0.3) is 0 Å². The lowest BCUT2D eigenvalue weighted by atomic mass is 10.1. The summed E-state index contributed by atoms with van der Waals surface area (Å²) in [6.07, 6.45) is 13.7. The van der Waals surface area contributed by atoms with Gasteiger partial charge in [-0.1, -0.05) is 32.6 Å². The zero-order valence-electron chi connectivity index (χ0n) is 12.9. The number of rotatable bonds is 5. The summed E-state index contributed by atoms with van der Waals surface area (Å²) in [6.45, 7) is 2.11. The first kappa shape index (κ1) is 15.2. The van der Waals surface area contributed by atoms with Crippen molar-refractivity contribution in [1.82, 2.24) is 9.97 Å². The minimum absolute atomic E-state index is 0.212. The highest BCUT2D eigenvalue weighted by Gasteiger charge is 2.18. The van der Waals surface area contributed by atoms with Crippen molar-refractivity contribution < 1.29 is 0 Å². The number of hydrogen-bond donors (Lipinski definition) is 1. The van der Waals surface area contributed by atoms with Crippen molar-refractivity contribution in [2.45, 2.75) is 70.4 Å². The minimum Gasteiger partial charge on any atom is -0.341 e. The molecule has 2 rings (SSSR count). The van der Waals surface area contributed by atoms with Gasteiger partial charge in [0.2, 0.25) is 5.95 Å². The van der Waals surface area contributed by atoms with Gasteiger partial charge in [-0.3, -0.25) is 0 Å². The van der Waals surface area contributed by atoms with Gasteiger partial charge >= 0.3 is 0 Å². The molecule has 1 fully saturated rings. The fourth-order valence-electron chi connectivity index (χ4n) is 2.89. The van der Waals surface area contributed by atoms with Crippen LogP contribution in [0.15, 0.2) is 12.4 Å². The summed E-state index contributed by atoms with van der Waals surface area (Å²) in [6, 6.07) is 0.810. The number of aromatic nitrogens is 2. The van der Waals surface area contributed by atoms with E-state index in [-0.39, 0.29) is 6.04 Å². The van der Waals surface area contributed by atoms with Crippen molar-refractivity contribution in [3.63, 3.8) is 0 Å². The van der Waals surface area contributed by atoms with Gasteiger partial charge in [0.25, 0.3) is 0 Å². The Balaban J connectivity index is 1.97. The summed E-state index contributed by atoms with van der Waals surface area (Å²) < 4.78 is 0. The van der Waals surface area contributed by atoms with Crippen LogP contribution in [0.2, 0.25) is 0 Å². The Bertz CT molecular complexity index is 382. The van der Waals surface area contributed by atoms with E-state index in [2.05, 4.69) is 28.8 Å². The van der Waals surface area contributed by atoms with Crippen molar-refractivity contribution in [3.05, 3.63) is 18.0 Å². The molecule has 1 heterocycles. The van der Waals surface area contributed by atoms with Crippen LogP contribution in [0.4, 0.5) is 5.95 Å². The molecule has 0 aliphatic heterocycles. The molecule has 0 spiro atoms. The predicted molar refractivity (Wildman–Crippen MR) is 83.9 cm³/mol. The second-order valence-electron chi connectivity index (χ2n) is 6.02. The topological polar surface area (TPSA) is 55.0 Å². The summed E-state index contributed by atoms with van der Waals surface area (Å²) in [7, 11) is 2.13. The summed E-state index contributed by atoms with van der Waals surface area (Å²) in [5, 5.41) is 0. The zero-order chi connectivity index (χ0) is 14.4. The van der Waals surface area contributed by atoms with E-state index in [1.807, 2.05) is 12.4 Å². The highest BCUT2D eigenvalue weighted by molar-refractivity contribution is 5.30. The smallest absolute Gasteiger partial charge is 0.225 e. The third-order valence-corrected chi connectivity index (χ3v) is 4.40. The van der Waals surface area contributed by atoms with E-state index in [1.165, 1.54) is 38.5 Å². The molecule has 0 radical (unpaired) electrons. The molecule has 1 aliphatic carbocycles. The van der Waals surface area contributed by atoms with Gasteiger partial charge in [0.1, 0.15) is 0 Å². The number of nitrogens with zero attached hydrogens (tertiary/aromatic N) is 3. The maximum absolute atomic E-state index is 5.97. The Hall–Kier alpha value is -1.16. The van der Waals surface area contributed by atoms with Gasteiger partial charge in [0.15, 0.2) is 0 Å². The predicted octanol–water partition coefficient (Wildman–Crippen LogP) is 2.92. The van der Waals surface area contributed by atoms with Crippen LogP contribution >= 0.6 is 0 Å². The van der Waals surface area contributed by atoms with Gasteiger partial charge in [0.05, 0.1) is 0 Å². The van der Waals surface area contributed by atoms with Crippen molar-refractivity contribution in [1.29, 1.82) is 0 Å². The van der Waals surface area contributed by atoms with Crippen molar-refractivity contribution >= 4 is 5.95 Å². The first-order valence-electron chi connectivity index (χ1n) is 8.00. The Morgan fingerprint density at radius 3 is 2.35 bits per heavy atom. The Morgan fingerprint density at radius 2 is 1.80 bits per heavy atom. The summed E-state index contributed by atoms with van der Waals surface area (Å²) in [4.78, 5) is 11.3. The number of anilines is 1. The lowest BCUT2D eigenvalue weighted by Crippen LogP contribution is -2.32. The van der Waals surface area contributed by atoms with Crippen LogP contribution in [0, 0.1) is 0 Å². The molecule has 1 atom stereocenters. The maximum Gasteiger partial charge on any atom is 0.225 e. The third-order valence-electron chi connectivity index (χ3n) is 4.40. The second kappa shape index (κ2) is 7.58. The van der Waals surface area contributed by atoms with Gasteiger partial charge in [-0.15, -0.1) is 0 Å². The van der Waals surface area contributed by atoms with Crippen LogP contribution in [-0.4, -0.2) is 29.1 Å². The van der Waals surface area contributed by atoms with Crippen LogP contribution < -0.4 is 10.6 Å². The minimum atomic E-state index is 0.212. The molecule has 112 valence electrons. The fourth-order valence-corrected chi connectivity index (χ4v) is 2.89. The lowest BCUT2D eigenvalue weighted by Gasteiger charge is -2.27. The molecule has 0 amide bonds. The van der Waals surface area contributed by atoms with Gasteiger partial charge in [0, 0.05) is 31.5 Å². The molecular formula is C16H28N4. The fraction of sp³-hybridized carbons (Fsp3) is 0.750. The molecule has 1 unspecified atom stereocenters. The van der Waals surface area contributed by atoms with Gasteiger partial charge in [-0.25, -0.2) is 9.97 Å². The summed E-state index contributed by atoms with van der Waals surface area (Å²) in [5.74, 6) is 0.853. The molecule has 4 heteroatoms. The van der Waals surface area contributed by atoms with Crippen molar-refractivity contribution in [2.75, 3.05) is 11.9 Å². The molecule has 0 aromatic carbocycles. The second-order valence-corrected chi connectivity index (χ2v) is 6.02. The molecule has 1 aliphatic rings. The number of hydrogen-bond acceptors (Lipinski definition) is 4. The van der Waals surface area contributed by atoms with Crippen LogP contribution in [0.3, 0.4) is 0 Å². The maximum atomic E-state index is 5.97. The molecule has 1 saturated carbocycles. The highest BCUT2D eigenvalue weighted by Crippen LogP contribution is 2.23. The standard InChI is InChI=1S/C16H28N4/c1-3-14(17)10-13-11-18-16(19-12-13)20(2)15-8-6-4-5-7-9-15/h11-12,14-15H,3-10,17H2,1-2H3. The van der Waals surface area contributed by atoms with Crippen LogP contribution in [0.1, 0.15) is 57.4 Å². The van der Waals surface area contributed by atoms with E-state index in [4.69, 9.17) is 5.73 Å². The van der Waals surface area contributed by atoms with E-state index in [1.54, 1.807) is 0 Å². The van der Waals surface area contributed by atoms with E-state index in [0.29, 0.717) is 6.04 Å². The average Bonchev–Trinajstić information content (AvgIpc) is 2.76. The quantitative estimate of drug-likeness (QED) is 0.840. The largest absolute Gasteiger partial charge is 0.341 e. The first-order chi connectivity index (χ1) is 9.70. The van der Waals surface area contributed by atoms with Gasteiger partial charge < -0.3 is 10.6 Å². The zero-order valence-corrected chi connectivity index (χ0v) is 12.9. The SMILES string of the molecule is CCC(N)Cc1cnc(N(C)C2CCCCCC2)nc1. The average molecular weight is 276 g/mol. The molecule has 0 bridgehead atoms. The normalized spacial score (nSPS) is 18.6. The molecule has 4 nitrogen and oxygen atoms in total.